The Labute approximate surface area is 154 Å². The average Bonchev–Trinajstić information content (AvgIpc) is 3.42. The van der Waals surface area contributed by atoms with E-state index in [0.29, 0.717) is 25.7 Å². The number of rotatable bonds is 5. The molecule has 6 nitrogen and oxygen atoms in total. The number of ether oxygens (including phenoxy) is 2. The summed E-state index contributed by atoms with van der Waals surface area (Å²) in [7, 11) is 0. The van der Waals surface area contributed by atoms with Crippen molar-refractivity contribution in [3.8, 4) is 17.6 Å². The van der Waals surface area contributed by atoms with E-state index in [-0.39, 0.29) is 11.9 Å². The molecule has 1 aromatic rings. The number of hydrogen-bond acceptors (Lipinski definition) is 5. The molecule has 2 aliphatic heterocycles. The summed E-state index contributed by atoms with van der Waals surface area (Å²) < 4.78 is 11.3. The molecule has 26 heavy (non-hydrogen) atoms. The van der Waals surface area contributed by atoms with Crippen molar-refractivity contribution in [1.82, 2.24) is 10.2 Å². The Kier molecular flexibility index (Phi) is 4.49. The summed E-state index contributed by atoms with van der Waals surface area (Å²) >= 11 is 0. The third kappa shape index (κ3) is 3.36. The molecule has 1 amide bonds. The van der Waals surface area contributed by atoms with Gasteiger partial charge in [0.2, 0.25) is 5.91 Å². The van der Waals surface area contributed by atoms with Crippen LogP contribution in [-0.4, -0.2) is 42.6 Å². The van der Waals surface area contributed by atoms with Gasteiger partial charge in [-0.15, -0.1) is 0 Å². The Morgan fingerprint density at radius 1 is 1.31 bits per heavy atom. The summed E-state index contributed by atoms with van der Waals surface area (Å²) in [5.41, 5.74) is 0.424. The van der Waals surface area contributed by atoms with Gasteiger partial charge in [0.05, 0.1) is 12.6 Å². The van der Waals surface area contributed by atoms with Gasteiger partial charge in [0, 0.05) is 6.04 Å². The number of nitrogens with zero attached hydrogens (tertiary/aromatic N) is 2. The molecule has 2 heterocycles. The molecule has 0 unspecified atom stereocenters. The second kappa shape index (κ2) is 6.81. The number of fused-ring (bicyclic) bond motifs is 1. The maximum Gasteiger partial charge on any atom is 0.235 e. The molecule has 6 heteroatoms. The second-order valence-corrected chi connectivity index (χ2v) is 7.67. The van der Waals surface area contributed by atoms with E-state index in [1.165, 1.54) is 0 Å². The highest BCUT2D eigenvalue weighted by atomic mass is 16.6. The van der Waals surface area contributed by atoms with Crippen LogP contribution in [0.1, 0.15) is 44.2 Å². The first-order valence-corrected chi connectivity index (χ1v) is 9.45. The van der Waals surface area contributed by atoms with Crippen LogP contribution in [0.2, 0.25) is 0 Å². The van der Waals surface area contributed by atoms with Crippen molar-refractivity contribution in [3.05, 3.63) is 23.8 Å². The van der Waals surface area contributed by atoms with Gasteiger partial charge >= 0.3 is 0 Å². The number of benzene rings is 1. The van der Waals surface area contributed by atoms with Gasteiger partial charge < -0.3 is 14.8 Å². The normalized spacial score (nSPS) is 24.5. The fourth-order valence-electron chi connectivity index (χ4n) is 4.06. The van der Waals surface area contributed by atoms with Crippen molar-refractivity contribution in [3.63, 3.8) is 0 Å². The first-order valence-electron chi connectivity index (χ1n) is 9.45. The minimum atomic E-state index is -0.733. The largest absolute Gasteiger partial charge is 0.486 e. The van der Waals surface area contributed by atoms with Crippen LogP contribution in [0.4, 0.5) is 0 Å². The third-order valence-corrected chi connectivity index (χ3v) is 5.69. The number of carbonyl (C=O) groups excluding carboxylic acids is 1. The van der Waals surface area contributed by atoms with Crippen LogP contribution in [-0.2, 0) is 4.79 Å². The zero-order valence-electron chi connectivity index (χ0n) is 15.2. The minimum Gasteiger partial charge on any atom is -0.486 e. The van der Waals surface area contributed by atoms with Gasteiger partial charge in [-0.25, -0.2) is 0 Å². The Hall–Kier alpha value is -2.26. The molecule has 138 valence electrons. The van der Waals surface area contributed by atoms with Crippen LogP contribution < -0.4 is 14.8 Å². The Balaban J connectivity index is 1.43. The number of carbonyl (C=O) groups is 1. The highest BCUT2D eigenvalue weighted by Gasteiger charge is 2.43. The number of amides is 1. The van der Waals surface area contributed by atoms with Crippen molar-refractivity contribution in [1.29, 1.82) is 5.26 Å². The van der Waals surface area contributed by atoms with E-state index in [4.69, 9.17) is 9.47 Å². The number of hydrogen-bond donors (Lipinski definition) is 1. The quantitative estimate of drug-likeness (QED) is 0.878. The summed E-state index contributed by atoms with van der Waals surface area (Å²) in [6.45, 7) is 4.20. The second-order valence-electron chi connectivity index (χ2n) is 7.67. The summed E-state index contributed by atoms with van der Waals surface area (Å²) in [6, 6.07) is 8.56. The van der Waals surface area contributed by atoms with Gasteiger partial charge in [0.1, 0.15) is 18.8 Å². The smallest absolute Gasteiger partial charge is 0.235 e. The molecule has 1 N–H and O–H groups in total. The molecule has 0 aromatic heterocycles. The third-order valence-electron chi connectivity index (χ3n) is 5.69. The first kappa shape index (κ1) is 17.2. The van der Waals surface area contributed by atoms with E-state index in [2.05, 4.69) is 22.4 Å². The van der Waals surface area contributed by atoms with Crippen LogP contribution in [0.15, 0.2) is 18.2 Å². The van der Waals surface area contributed by atoms with Crippen LogP contribution in [0.5, 0.6) is 11.5 Å². The van der Waals surface area contributed by atoms with Gasteiger partial charge in [-0.2, -0.15) is 5.26 Å². The maximum atomic E-state index is 12.6. The van der Waals surface area contributed by atoms with Crippen LogP contribution in [0, 0.1) is 17.2 Å². The Morgan fingerprint density at radius 3 is 2.81 bits per heavy atom. The minimum absolute atomic E-state index is 0.0645. The maximum absolute atomic E-state index is 12.6. The number of likely N-dealkylation sites (tertiary alicyclic amines) is 1. The molecule has 4 rings (SSSR count). The highest BCUT2D eigenvalue weighted by molar-refractivity contribution is 5.79. The molecule has 1 aromatic carbocycles. The molecule has 1 saturated heterocycles. The molecule has 1 aliphatic carbocycles. The fourth-order valence-corrected chi connectivity index (χ4v) is 4.06. The number of nitrogens with one attached hydrogen (secondary N) is 1. The molecular formula is C20H25N3O3. The van der Waals surface area contributed by atoms with Crippen molar-refractivity contribution in [2.45, 2.75) is 44.2 Å². The van der Waals surface area contributed by atoms with E-state index in [9.17, 15) is 10.1 Å². The lowest BCUT2D eigenvalue weighted by Gasteiger charge is -2.28. The Bertz CT molecular complexity index is 740. The summed E-state index contributed by atoms with van der Waals surface area (Å²) in [6.07, 6.45) is 4.12. The van der Waals surface area contributed by atoms with Gasteiger partial charge in [0.15, 0.2) is 11.5 Å². The SMILES string of the molecule is C[C@@](C#N)(NC(=O)CN1CCC[C@H]1c1ccc2c(c1)OCCO2)C1CC1. The first-order chi connectivity index (χ1) is 12.6. The average molecular weight is 355 g/mol. The monoisotopic (exact) mass is 355 g/mol. The predicted molar refractivity (Wildman–Crippen MR) is 95.9 cm³/mol. The molecule has 0 radical (unpaired) electrons. The van der Waals surface area contributed by atoms with Crippen molar-refractivity contribution in [2.75, 3.05) is 26.3 Å². The highest BCUT2D eigenvalue weighted by Crippen LogP contribution is 2.40. The topological polar surface area (TPSA) is 74.6 Å². The molecule has 0 bridgehead atoms. The van der Waals surface area contributed by atoms with Crippen molar-refractivity contribution < 1.29 is 14.3 Å². The predicted octanol–water partition coefficient (Wildman–Crippen LogP) is 2.40. The standard InChI is InChI=1S/C20H25N3O3/c1-20(13-21,15-5-6-15)22-19(24)12-23-8-2-3-16(23)14-4-7-17-18(11-14)26-10-9-25-17/h4,7,11,15-16H,2-3,5-6,8-10,12H2,1H3,(H,22,24)/t16-,20-/m0/s1. The van der Waals surface area contributed by atoms with E-state index >= 15 is 0 Å². The summed E-state index contributed by atoms with van der Waals surface area (Å²) in [4.78, 5) is 14.8. The fraction of sp³-hybridized carbons (Fsp3) is 0.600. The lowest BCUT2D eigenvalue weighted by molar-refractivity contribution is -0.123. The lowest BCUT2D eigenvalue weighted by Crippen LogP contribution is -2.50. The van der Waals surface area contributed by atoms with E-state index < -0.39 is 5.54 Å². The van der Waals surface area contributed by atoms with Crippen molar-refractivity contribution in [2.24, 2.45) is 5.92 Å². The van der Waals surface area contributed by atoms with E-state index in [1.807, 2.05) is 19.1 Å². The Morgan fingerprint density at radius 2 is 2.08 bits per heavy atom. The summed E-state index contributed by atoms with van der Waals surface area (Å²) in [5.74, 6) is 1.81. The summed E-state index contributed by atoms with van der Waals surface area (Å²) in [5, 5.41) is 12.4. The zero-order chi connectivity index (χ0) is 18.1. The van der Waals surface area contributed by atoms with Crippen molar-refractivity contribution >= 4 is 5.91 Å². The lowest BCUT2D eigenvalue weighted by atomic mass is 9.98. The van der Waals surface area contributed by atoms with Gasteiger partial charge in [-0.05, 0) is 62.8 Å². The van der Waals surface area contributed by atoms with E-state index in [0.717, 1.165) is 49.3 Å². The molecule has 2 atom stereocenters. The van der Waals surface area contributed by atoms with Gasteiger partial charge in [0.25, 0.3) is 0 Å². The van der Waals surface area contributed by atoms with Crippen LogP contribution in [0.25, 0.3) is 0 Å². The molecule has 3 aliphatic rings. The van der Waals surface area contributed by atoms with Crippen LogP contribution >= 0.6 is 0 Å². The molecular weight excluding hydrogens is 330 g/mol. The molecule has 2 fully saturated rings. The zero-order valence-corrected chi connectivity index (χ0v) is 15.2. The molecule has 1 saturated carbocycles. The molecule has 0 spiro atoms. The van der Waals surface area contributed by atoms with Gasteiger partial charge in [-0.1, -0.05) is 6.07 Å². The van der Waals surface area contributed by atoms with E-state index in [1.54, 1.807) is 0 Å². The van der Waals surface area contributed by atoms with Gasteiger partial charge in [-0.3, -0.25) is 9.69 Å². The van der Waals surface area contributed by atoms with Crippen LogP contribution in [0.3, 0.4) is 0 Å². The number of nitriles is 1.